The molecule has 2 aromatic rings. The number of benzene rings is 1. The van der Waals surface area contributed by atoms with E-state index >= 15 is 0 Å². The lowest BCUT2D eigenvalue weighted by Gasteiger charge is -2.23. The van der Waals surface area contributed by atoms with Crippen molar-refractivity contribution in [3.8, 4) is 0 Å². The minimum absolute atomic E-state index is 0.0425. The Bertz CT molecular complexity index is 697. The number of carbonyl (C=O) groups is 1. The molecule has 26 heavy (non-hydrogen) atoms. The second kappa shape index (κ2) is 8.88. The van der Waals surface area contributed by atoms with Crippen LogP contribution in [0.5, 0.6) is 0 Å². The molecule has 0 bridgehead atoms. The number of amides is 1. The first-order valence-corrected chi connectivity index (χ1v) is 9.89. The highest BCUT2D eigenvalue weighted by Crippen LogP contribution is 2.17. The van der Waals surface area contributed by atoms with Crippen molar-refractivity contribution >= 4 is 11.6 Å². The Morgan fingerprint density at radius 3 is 2.73 bits per heavy atom. The molecule has 0 aliphatic carbocycles. The number of hydrogen-bond donors (Lipinski definition) is 1. The summed E-state index contributed by atoms with van der Waals surface area (Å²) in [6.07, 6.45) is 7.92. The molecule has 0 unspecified atom stereocenters. The highest BCUT2D eigenvalue weighted by Gasteiger charge is 2.13. The molecule has 3 rings (SSSR count). The van der Waals surface area contributed by atoms with Crippen molar-refractivity contribution in [2.24, 2.45) is 0 Å². The SMILES string of the molecule is CCCCN(CC)c1ccc(C(=O)NCc2cn3c(n2)CCCC3)cc1. The van der Waals surface area contributed by atoms with E-state index in [-0.39, 0.29) is 5.91 Å². The Morgan fingerprint density at radius 2 is 2.04 bits per heavy atom. The van der Waals surface area contributed by atoms with E-state index in [0.717, 1.165) is 37.6 Å². The largest absolute Gasteiger partial charge is 0.372 e. The van der Waals surface area contributed by atoms with Gasteiger partial charge in [0.2, 0.25) is 0 Å². The molecule has 0 atom stereocenters. The monoisotopic (exact) mass is 354 g/mol. The van der Waals surface area contributed by atoms with Gasteiger partial charge in [0, 0.05) is 43.5 Å². The summed E-state index contributed by atoms with van der Waals surface area (Å²) >= 11 is 0. The molecular weight excluding hydrogens is 324 g/mol. The fourth-order valence-corrected chi connectivity index (χ4v) is 3.47. The third-order valence-corrected chi connectivity index (χ3v) is 5.05. The molecular formula is C21H30N4O. The number of imidazole rings is 1. The van der Waals surface area contributed by atoms with Gasteiger partial charge in [-0.05, 0) is 50.5 Å². The van der Waals surface area contributed by atoms with Crippen LogP contribution < -0.4 is 10.2 Å². The first-order valence-electron chi connectivity index (χ1n) is 9.89. The summed E-state index contributed by atoms with van der Waals surface area (Å²) in [6.45, 7) is 7.94. The number of aryl methyl sites for hydroxylation is 2. The van der Waals surface area contributed by atoms with E-state index in [1.165, 1.54) is 31.4 Å². The third-order valence-electron chi connectivity index (χ3n) is 5.05. The van der Waals surface area contributed by atoms with Crippen LogP contribution in [0.1, 0.15) is 61.4 Å². The van der Waals surface area contributed by atoms with E-state index in [0.29, 0.717) is 12.1 Å². The summed E-state index contributed by atoms with van der Waals surface area (Å²) in [4.78, 5) is 19.4. The molecule has 0 fully saturated rings. The molecule has 0 radical (unpaired) electrons. The Morgan fingerprint density at radius 1 is 1.23 bits per heavy atom. The van der Waals surface area contributed by atoms with E-state index in [2.05, 4.69) is 39.8 Å². The van der Waals surface area contributed by atoms with Crippen LogP contribution in [0.3, 0.4) is 0 Å². The molecule has 0 saturated carbocycles. The molecule has 0 saturated heterocycles. The van der Waals surface area contributed by atoms with E-state index in [1.807, 2.05) is 24.3 Å². The molecule has 2 heterocycles. The van der Waals surface area contributed by atoms with Crippen molar-refractivity contribution in [2.45, 2.75) is 59.0 Å². The topological polar surface area (TPSA) is 50.2 Å². The molecule has 5 nitrogen and oxygen atoms in total. The van der Waals surface area contributed by atoms with Gasteiger partial charge >= 0.3 is 0 Å². The van der Waals surface area contributed by atoms with Gasteiger partial charge in [-0.15, -0.1) is 0 Å². The average molecular weight is 354 g/mol. The van der Waals surface area contributed by atoms with Gasteiger partial charge in [-0.2, -0.15) is 0 Å². The van der Waals surface area contributed by atoms with Gasteiger partial charge < -0.3 is 14.8 Å². The van der Waals surface area contributed by atoms with Crippen LogP contribution in [0.15, 0.2) is 30.5 Å². The van der Waals surface area contributed by atoms with Crippen LogP contribution in [-0.2, 0) is 19.5 Å². The van der Waals surface area contributed by atoms with E-state index < -0.39 is 0 Å². The van der Waals surface area contributed by atoms with Gasteiger partial charge in [0.15, 0.2) is 0 Å². The van der Waals surface area contributed by atoms with Crippen molar-refractivity contribution in [2.75, 3.05) is 18.0 Å². The minimum atomic E-state index is -0.0425. The van der Waals surface area contributed by atoms with Gasteiger partial charge in [0.1, 0.15) is 5.82 Å². The lowest BCUT2D eigenvalue weighted by molar-refractivity contribution is 0.0950. The Hall–Kier alpha value is -2.30. The van der Waals surface area contributed by atoms with Crippen LogP contribution in [0.25, 0.3) is 0 Å². The van der Waals surface area contributed by atoms with E-state index in [4.69, 9.17) is 0 Å². The third kappa shape index (κ3) is 4.45. The zero-order valence-corrected chi connectivity index (χ0v) is 16.0. The lowest BCUT2D eigenvalue weighted by atomic mass is 10.1. The molecule has 1 aromatic carbocycles. The van der Waals surface area contributed by atoms with E-state index in [9.17, 15) is 4.79 Å². The zero-order chi connectivity index (χ0) is 18.4. The number of rotatable bonds is 8. The summed E-state index contributed by atoms with van der Waals surface area (Å²) < 4.78 is 2.22. The van der Waals surface area contributed by atoms with Crippen LogP contribution in [-0.4, -0.2) is 28.5 Å². The zero-order valence-electron chi connectivity index (χ0n) is 16.0. The summed E-state index contributed by atoms with van der Waals surface area (Å²) in [5.41, 5.74) is 2.83. The number of nitrogens with zero attached hydrogens (tertiary/aromatic N) is 3. The fraction of sp³-hybridized carbons (Fsp3) is 0.524. The smallest absolute Gasteiger partial charge is 0.251 e. The molecule has 1 N–H and O–H groups in total. The predicted molar refractivity (Wildman–Crippen MR) is 106 cm³/mol. The highest BCUT2D eigenvalue weighted by atomic mass is 16.1. The predicted octanol–water partition coefficient (Wildman–Crippen LogP) is 3.78. The lowest BCUT2D eigenvalue weighted by Crippen LogP contribution is -2.25. The first-order chi connectivity index (χ1) is 12.7. The molecule has 140 valence electrons. The first kappa shape index (κ1) is 18.5. The van der Waals surface area contributed by atoms with Crippen LogP contribution >= 0.6 is 0 Å². The number of anilines is 1. The van der Waals surface area contributed by atoms with Crippen LogP contribution in [0.2, 0.25) is 0 Å². The summed E-state index contributed by atoms with van der Waals surface area (Å²) in [5, 5.41) is 2.99. The Labute approximate surface area is 156 Å². The molecule has 1 aliphatic heterocycles. The highest BCUT2D eigenvalue weighted by molar-refractivity contribution is 5.94. The maximum absolute atomic E-state index is 12.4. The molecule has 1 aromatic heterocycles. The summed E-state index contributed by atoms with van der Waals surface area (Å²) in [6, 6.07) is 7.92. The van der Waals surface area contributed by atoms with Crippen molar-refractivity contribution in [1.29, 1.82) is 0 Å². The standard InChI is InChI=1S/C21H30N4O/c1-3-5-13-24(4-2)19-11-9-17(10-12-19)21(26)22-15-18-16-25-14-7-6-8-20(25)23-18/h9-12,16H,3-8,13-15H2,1-2H3,(H,22,26). The molecule has 1 aliphatic rings. The van der Waals surface area contributed by atoms with Gasteiger partial charge in [-0.25, -0.2) is 4.98 Å². The van der Waals surface area contributed by atoms with Crippen LogP contribution in [0.4, 0.5) is 5.69 Å². The molecule has 0 spiro atoms. The number of carbonyl (C=O) groups excluding carboxylic acids is 1. The quantitative estimate of drug-likeness (QED) is 0.785. The van der Waals surface area contributed by atoms with Crippen LogP contribution in [0, 0.1) is 0 Å². The van der Waals surface area contributed by atoms with Crippen molar-refractivity contribution in [3.63, 3.8) is 0 Å². The minimum Gasteiger partial charge on any atom is -0.372 e. The van der Waals surface area contributed by atoms with Crippen molar-refractivity contribution in [1.82, 2.24) is 14.9 Å². The van der Waals surface area contributed by atoms with E-state index in [1.54, 1.807) is 0 Å². The Kier molecular flexibility index (Phi) is 6.31. The maximum atomic E-state index is 12.4. The normalized spacial score (nSPS) is 13.3. The second-order valence-corrected chi connectivity index (χ2v) is 6.96. The second-order valence-electron chi connectivity index (χ2n) is 6.96. The van der Waals surface area contributed by atoms with Gasteiger partial charge in [-0.1, -0.05) is 13.3 Å². The number of nitrogens with one attached hydrogen (secondary N) is 1. The maximum Gasteiger partial charge on any atom is 0.251 e. The number of hydrogen-bond acceptors (Lipinski definition) is 3. The average Bonchev–Trinajstić information content (AvgIpc) is 3.10. The number of fused-ring (bicyclic) bond motifs is 1. The van der Waals surface area contributed by atoms with Crippen molar-refractivity contribution in [3.05, 3.63) is 47.5 Å². The van der Waals surface area contributed by atoms with Gasteiger partial charge in [-0.3, -0.25) is 4.79 Å². The molecule has 5 heteroatoms. The van der Waals surface area contributed by atoms with Crippen molar-refractivity contribution < 1.29 is 4.79 Å². The van der Waals surface area contributed by atoms with Gasteiger partial charge in [0.05, 0.1) is 12.2 Å². The van der Waals surface area contributed by atoms with Gasteiger partial charge in [0.25, 0.3) is 5.91 Å². The molecule has 1 amide bonds. The number of aromatic nitrogens is 2. The summed E-state index contributed by atoms with van der Waals surface area (Å²) in [7, 11) is 0. The number of unbranched alkanes of at least 4 members (excludes halogenated alkanes) is 1. The Balaban J connectivity index is 1.56. The summed E-state index contributed by atoms with van der Waals surface area (Å²) in [5.74, 6) is 1.11. The fourth-order valence-electron chi connectivity index (χ4n) is 3.47.